The van der Waals surface area contributed by atoms with Crippen molar-refractivity contribution in [3.8, 4) is 11.1 Å². The van der Waals surface area contributed by atoms with E-state index in [-0.39, 0.29) is 0 Å². The number of hydrogen-bond donors (Lipinski definition) is 0. The molecule has 0 aliphatic heterocycles. The van der Waals surface area contributed by atoms with Gasteiger partial charge in [-0.15, -0.1) is 0 Å². The van der Waals surface area contributed by atoms with E-state index in [1.54, 1.807) is 7.11 Å². The Labute approximate surface area is 121 Å². The van der Waals surface area contributed by atoms with Gasteiger partial charge in [-0.2, -0.15) is 5.10 Å². The zero-order valence-corrected chi connectivity index (χ0v) is 12.6. The first-order valence-electron chi connectivity index (χ1n) is 6.07. The number of methoxy groups -OCH3 is 1. The standard InChI is InChI=1S/C14H17IN2O/c1-18-9-3-2-8-17-11-13(10-16-17)12-4-6-14(15)7-5-12/h4-7,10-11H,2-3,8-9H2,1H3. The maximum Gasteiger partial charge on any atom is 0.0568 e. The van der Waals surface area contributed by atoms with Gasteiger partial charge in [0.25, 0.3) is 0 Å². The van der Waals surface area contributed by atoms with Gasteiger partial charge in [-0.25, -0.2) is 0 Å². The van der Waals surface area contributed by atoms with E-state index in [0.29, 0.717) is 0 Å². The van der Waals surface area contributed by atoms with E-state index < -0.39 is 0 Å². The predicted octanol–water partition coefficient (Wildman–Crippen LogP) is 3.58. The first-order valence-corrected chi connectivity index (χ1v) is 7.15. The molecule has 1 heterocycles. The highest BCUT2D eigenvalue weighted by Gasteiger charge is 2.01. The molecule has 0 aliphatic rings. The molecule has 96 valence electrons. The molecule has 0 fully saturated rings. The summed E-state index contributed by atoms with van der Waals surface area (Å²) in [6, 6.07) is 8.50. The quantitative estimate of drug-likeness (QED) is 0.584. The molecule has 1 aromatic heterocycles. The Kier molecular flexibility index (Phi) is 5.19. The van der Waals surface area contributed by atoms with Gasteiger partial charge in [-0.1, -0.05) is 12.1 Å². The summed E-state index contributed by atoms with van der Waals surface area (Å²) in [5, 5.41) is 4.39. The summed E-state index contributed by atoms with van der Waals surface area (Å²) < 4.78 is 8.29. The average Bonchev–Trinajstić information content (AvgIpc) is 2.84. The van der Waals surface area contributed by atoms with Gasteiger partial charge >= 0.3 is 0 Å². The number of halogens is 1. The molecule has 0 amide bonds. The first-order chi connectivity index (χ1) is 8.79. The molecule has 0 bridgehead atoms. The normalized spacial score (nSPS) is 10.8. The van der Waals surface area contributed by atoms with Crippen LogP contribution in [0, 0.1) is 3.57 Å². The summed E-state index contributed by atoms with van der Waals surface area (Å²) in [5.41, 5.74) is 2.40. The summed E-state index contributed by atoms with van der Waals surface area (Å²) in [6.07, 6.45) is 6.21. The van der Waals surface area contributed by atoms with Crippen LogP contribution in [-0.4, -0.2) is 23.5 Å². The maximum absolute atomic E-state index is 5.04. The average molecular weight is 356 g/mol. The minimum atomic E-state index is 0.825. The van der Waals surface area contributed by atoms with E-state index in [4.69, 9.17) is 4.74 Å². The number of ether oxygens (including phenoxy) is 1. The number of unbranched alkanes of at least 4 members (excludes halogenated alkanes) is 1. The lowest BCUT2D eigenvalue weighted by molar-refractivity contribution is 0.191. The Morgan fingerprint density at radius 2 is 1.94 bits per heavy atom. The van der Waals surface area contributed by atoms with E-state index in [0.717, 1.165) is 26.0 Å². The second-order valence-corrected chi connectivity index (χ2v) is 5.44. The third kappa shape index (κ3) is 3.81. The van der Waals surface area contributed by atoms with Crippen molar-refractivity contribution in [2.24, 2.45) is 0 Å². The number of benzene rings is 1. The largest absolute Gasteiger partial charge is 0.385 e. The highest BCUT2D eigenvalue weighted by Crippen LogP contribution is 2.19. The molecule has 4 heteroatoms. The van der Waals surface area contributed by atoms with Gasteiger partial charge in [-0.05, 0) is 53.1 Å². The monoisotopic (exact) mass is 356 g/mol. The maximum atomic E-state index is 5.04. The van der Waals surface area contributed by atoms with Gasteiger partial charge in [0.15, 0.2) is 0 Å². The molecule has 0 N–H and O–H groups in total. The van der Waals surface area contributed by atoms with Crippen LogP contribution in [0.1, 0.15) is 12.8 Å². The minimum absolute atomic E-state index is 0.825. The molecule has 18 heavy (non-hydrogen) atoms. The van der Waals surface area contributed by atoms with Crippen LogP contribution in [-0.2, 0) is 11.3 Å². The van der Waals surface area contributed by atoms with Crippen molar-refractivity contribution in [1.82, 2.24) is 9.78 Å². The van der Waals surface area contributed by atoms with Crippen LogP contribution in [0.25, 0.3) is 11.1 Å². The molecule has 0 saturated carbocycles. The van der Waals surface area contributed by atoms with Crippen molar-refractivity contribution in [1.29, 1.82) is 0 Å². The lowest BCUT2D eigenvalue weighted by atomic mass is 10.1. The van der Waals surface area contributed by atoms with Crippen molar-refractivity contribution < 1.29 is 4.74 Å². The van der Waals surface area contributed by atoms with Crippen LogP contribution < -0.4 is 0 Å². The van der Waals surface area contributed by atoms with Crippen molar-refractivity contribution >= 4 is 22.6 Å². The fourth-order valence-corrected chi connectivity index (χ4v) is 2.16. The summed E-state index contributed by atoms with van der Waals surface area (Å²) >= 11 is 2.31. The molecular formula is C14H17IN2O. The van der Waals surface area contributed by atoms with E-state index in [2.05, 4.69) is 58.2 Å². The Morgan fingerprint density at radius 1 is 1.17 bits per heavy atom. The zero-order chi connectivity index (χ0) is 12.8. The van der Waals surface area contributed by atoms with Crippen molar-refractivity contribution in [3.05, 3.63) is 40.2 Å². The summed E-state index contributed by atoms with van der Waals surface area (Å²) in [5.74, 6) is 0. The van der Waals surface area contributed by atoms with Gasteiger partial charge < -0.3 is 4.74 Å². The fourth-order valence-electron chi connectivity index (χ4n) is 1.80. The van der Waals surface area contributed by atoms with Crippen LogP contribution in [0.4, 0.5) is 0 Å². The van der Waals surface area contributed by atoms with Gasteiger partial charge in [0.05, 0.1) is 6.20 Å². The number of aryl methyl sites for hydroxylation is 1. The Balaban J connectivity index is 1.95. The van der Waals surface area contributed by atoms with Crippen molar-refractivity contribution in [2.45, 2.75) is 19.4 Å². The second-order valence-electron chi connectivity index (χ2n) is 4.20. The highest BCUT2D eigenvalue weighted by molar-refractivity contribution is 14.1. The lowest BCUT2D eigenvalue weighted by Crippen LogP contribution is -1.99. The zero-order valence-electron chi connectivity index (χ0n) is 10.5. The molecule has 2 rings (SSSR count). The third-order valence-corrected chi connectivity index (χ3v) is 3.52. The molecule has 3 nitrogen and oxygen atoms in total. The number of nitrogens with zero attached hydrogens (tertiary/aromatic N) is 2. The van der Waals surface area contributed by atoms with Gasteiger partial charge in [0.2, 0.25) is 0 Å². The van der Waals surface area contributed by atoms with E-state index in [9.17, 15) is 0 Å². The van der Waals surface area contributed by atoms with Crippen LogP contribution in [0.2, 0.25) is 0 Å². The van der Waals surface area contributed by atoms with Gasteiger partial charge in [0, 0.05) is 35.6 Å². The molecule has 1 aromatic carbocycles. The van der Waals surface area contributed by atoms with Crippen LogP contribution >= 0.6 is 22.6 Å². The van der Waals surface area contributed by atoms with E-state index in [1.165, 1.54) is 14.7 Å². The number of rotatable bonds is 6. The number of aromatic nitrogens is 2. The SMILES string of the molecule is COCCCCn1cc(-c2ccc(I)cc2)cn1. The van der Waals surface area contributed by atoms with Gasteiger partial charge in [0.1, 0.15) is 0 Å². The molecule has 0 atom stereocenters. The lowest BCUT2D eigenvalue weighted by Gasteiger charge is -2.01. The molecule has 0 unspecified atom stereocenters. The predicted molar refractivity (Wildman–Crippen MR) is 81.5 cm³/mol. The molecular weight excluding hydrogens is 339 g/mol. The Morgan fingerprint density at radius 3 is 2.67 bits per heavy atom. The van der Waals surface area contributed by atoms with Crippen LogP contribution in [0.15, 0.2) is 36.7 Å². The van der Waals surface area contributed by atoms with Crippen LogP contribution in [0.3, 0.4) is 0 Å². The summed E-state index contributed by atoms with van der Waals surface area (Å²) in [7, 11) is 1.74. The molecule has 0 aliphatic carbocycles. The summed E-state index contributed by atoms with van der Waals surface area (Å²) in [4.78, 5) is 0. The molecule has 0 spiro atoms. The van der Waals surface area contributed by atoms with Gasteiger partial charge in [-0.3, -0.25) is 4.68 Å². The van der Waals surface area contributed by atoms with E-state index in [1.807, 2.05) is 10.9 Å². The third-order valence-electron chi connectivity index (χ3n) is 2.80. The van der Waals surface area contributed by atoms with Crippen LogP contribution in [0.5, 0.6) is 0 Å². The molecule has 2 aromatic rings. The summed E-state index contributed by atoms with van der Waals surface area (Å²) in [6.45, 7) is 1.78. The topological polar surface area (TPSA) is 27.1 Å². The fraction of sp³-hybridized carbons (Fsp3) is 0.357. The van der Waals surface area contributed by atoms with Crippen molar-refractivity contribution in [3.63, 3.8) is 0 Å². The first kappa shape index (κ1) is 13.5. The second kappa shape index (κ2) is 6.89. The van der Waals surface area contributed by atoms with Crippen molar-refractivity contribution in [2.75, 3.05) is 13.7 Å². The number of hydrogen-bond acceptors (Lipinski definition) is 2. The molecule has 0 radical (unpaired) electrons. The smallest absolute Gasteiger partial charge is 0.0568 e. The van der Waals surface area contributed by atoms with E-state index >= 15 is 0 Å². The minimum Gasteiger partial charge on any atom is -0.385 e. The Bertz CT molecular complexity index is 479. The molecule has 0 saturated heterocycles. The Hall–Kier alpha value is -0.880. The highest BCUT2D eigenvalue weighted by atomic mass is 127.